The molecule has 2 heterocycles. The van der Waals surface area contributed by atoms with E-state index in [0.29, 0.717) is 11.4 Å². The number of carbonyl (C=O) groups is 1. The number of amides is 1. The van der Waals surface area contributed by atoms with Crippen molar-refractivity contribution in [1.29, 1.82) is 0 Å². The molecule has 118 valence electrons. The first-order valence-electron chi connectivity index (χ1n) is 7.26. The zero-order chi connectivity index (χ0) is 16.5. The molecule has 0 aliphatic carbocycles. The summed E-state index contributed by atoms with van der Waals surface area (Å²) in [5, 5.41) is 14.8. The van der Waals surface area contributed by atoms with E-state index in [-0.39, 0.29) is 17.4 Å². The van der Waals surface area contributed by atoms with Crippen LogP contribution in [0.5, 0.6) is 0 Å². The summed E-state index contributed by atoms with van der Waals surface area (Å²) in [5.74, 6) is -0.658. The molecule has 0 aliphatic heterocycles. The van der Waals surface area contributed by atoms with Crippen LogP contribution in [-0.2, 0) is 0 Å². The lowest BCUT2D eigenvalue weighted by Crippen LogP contribution is -2.13. The van der Waals surface area contributed by atoms with Gasteiger partial charge in [-0.2, -0.15) is 10.2 Å². The lowest BCUT2D eigenvalue weighted by Gasteiger charge is -2.04. The van der Waals surface area contributed by atoms with Gasteiger partial charge in [0.25, 0.3) is 5.91 Å². The van der Waals surface area contributed by atoms with Gasteiger partial charge in [0.15, 0.2) is 5.69 Å². The molecule has 4 aromatic rings. The van der Waals surface area contributed by atoms with Gasteiger partial charge in [0.05, 0.1) is 23.1 Å². The summed E-state index contributed by atoms with van der Waals surface area (Å²) in [6.07, 6.45) is 3.34. The van der Waals surface area contributed by atoms with Crippen LogP contribution >= 0.6 is 0 Å². The normalized spacial score (nSPS) is 10.9. The molecule has 6 nitrogen and oxygen atoms in total. The number of hydrogen-bond donors (Lipinski definition) is 2. The first-order chi connectivity index (χ1) is 11.7. The number of H-pyrrole nitrogens is 1. The molecule has 4 rings (SSSR count). The van der Waals surface area contributed by atoms with Gasteiger partial charge in [-0.1, -0.05) is 12.1 Å². The van der Waals surface area contributed by atoms with Crippen LogP contribution < -0.4 is 5.32 Å². The predicted octanol–water partition coefficient (Wildman–Crippen LogP) is 3.14. The maximum Gasteiger partial charge on any atom is 0.276 e. The summed E-state index contributed by atoms with van der Waals surface area (Å²) in [5.41, 5.74) is 2.32. The van der Waals surface area contributed by atoms with Crippen molar-refractivity contribution in [2.45, 2.75) is 0 Å². The van der Waals surface area contributed by atoms with Crippen LogP contribution in [0, 0.1) is 5.82 Å². The molecule has 0 bridgehead atoms. The van der Waals surface area contributed by atoms with Gasteiger partial charge in [-0.3, -0.25) is 9.89 Å². The Morgan fingerprint density at radius 1 is 1.12 bits per heavy atom. The van der Waals surface area contributed by atoms with Gasteiger partial charge < -0.3 is 5.32 Å². The lowest BCUT2D eigenvalue weighted by molar-refractivity contribution is 0.102. The third-order valence-corrected chi connectivity index (χ3v) is 3.64. The summed E-state index contributed by atoms with van der Waals surface area (Å²) < 4.78 is 14.5. The molecule has 7 heteroatoms. The second-order valence-corrected chi connectivity index (χ2v) is 5.22. The summed E-state index contributed by atoms with van der Waals surface area (Å²) in [4.78, 5) is 12.4. The number of rotatable bonds is 3. The van der Waals surface area contributed by atoms with Crippen LogP contribution in [0.15, 0.2) is 60.9 Å². The molecule has 0 saturated carbocycles. The zero-order valence-electron chi connectivity index (χ0n) is 12.4. The van der Waals surface area contributed by atoms with Crippen LogP contribution in [0.1, 0.15) is 10.5 Å². The number of halogens is 1. The van der Waals surface area contributed by atoms with Gasteiger partial charge in [0.2, 0.25) is 0 Å². The molecular formula is C17H12FN5O. The summed E-state index contributed by atoms with van der Waals surface area (Å²) >= 11 is 0. The fourth-order valence-corrected chi connectivity index (χ4v) is 2.44. The van der Waals surface area contributed by atoms with Gasteiger partial charge in [0, 0.05) is 11.6 Å². The fourth-order valence-electron chi connectivity index (χ4n) is 2.44. The molecule has 0 unspecified atom stereocenters. The highest BCUT2D eigenvalue weighted by Crippen LogP contribution is 2.21. The van der Waals surface area contributed by atoms with E-state index in [9.17, 15) is 9.18 Å². The lowest BCUT2D eigenvalue weighted by atomic mass is 10.2. The molecule has 0 fully saturated rings. The predicted molar refractivity (Wildman–Crippen MR) is 87.6 cm³/mol. The van der Waals surface area contributed by atoms with Gasteiger partial charge in [0.1, 0.15) is 5.82 Å². The molecule has 1 amide bonds. The van der Waals surface area contributed by atoms with Crippen molar-refractivity contribution in [2.24, 2.45) is 0 Å². The first kappa shape index (κ1) is 14.1. The average molecular weight is 321 g/mol. The average Bonchev–Trinajstić information content (AvgIpc) is 3.25. The van der Waals surface area contributed by atoms with Gasteiger partial charge >= 0.3 is 0 Å². The molecule has 0 aliphatic rings. The Bertz CT molecular complexity index is 1020. The molecular weight excluding hydrogens is 309 g/mol. The largest absolute Gasteiger partial charge is 0.319 e. The molecule has 0 radical (unpaired) electrons. The Balaban J connectivity index is 1.59. The Morgan fingerprint density at radius 3 is 2.79 bits per heavy atom. The van der Waals surface area contributed by atoms with E-state index in [1.165, 1.54) is 16.8 Å². The van der Waals surface area contributed by atoms with E-state index in [1.54, 1.807) is 36.7 Å². The number of aromatic nitrogens is 4. The second kappa shape index (κ2) is 5.62. The van der Waals surface area contributed by atoms with Crippen molar-refractivity contribution in [2.75, 3.05) is 5.32 Å². The van der Waals surface area contributed by atoms with Gasteiger partial charge in [-0.25, -0.2) is 9.07 Å². The number of fused-ring (bicyclic) bond motifs is 1. The van der Waals surface area contributed by atoms with E-state index >= 15 is 0 Å². The van der Waals surface area contributed by atoms with E-state index < -0.39 is 0 Å². The number of para-hydroxylation sites is 1. The number of benzene rings is 2. The Labute approximate surface area is 135 Å². The summed E-state index contributed by atoms with van der Waals surface area (Å²) in [6, 6.07) is 13.0. The summed E-state index contributed by atoms with van der Waals surface area (Å²) in [7, 11) is 0. The molecule has 0 spiro atoms. The van der Waals surface area contributed by atoms with E-state index in [4.69, 9.17) is 0 Å². The molecule has 0 atom stereocenters. The minimum Gasteiger partial charge on any atom is -0.319 e. The Hall–Kier alpha value is -3.48. The van der Waals surface area contributed by atoms with Crippen LogP contribution in [0.2, 0.25) is 0 Å². The maximum absolute atomic E-state index is 13.0. The quantitative estimate of drug-likeness (QED) is 0.608. The van der Waals surface area contributed by atoms with Crippen LogP contribution in [0.25, 0.3) is 16.6 Å². The molecule has 2 aromatic heterocycles. The standard InChI is InChI=1S/C17H12FN5O/c18-12-4-6-13(7-5-12)23-9-8-15(22-23)17(24)20-14-3-1-2-11-10-19-21-16(11)14/h1-10H,(H,19,21)(H,20,24). The third kappa shape index (κ3) is 2.52. The van der Waals surface area contributed by atoms with Crippen molar-refractivity contribution >= 4 is 22.5 Å². The molecule has 24 heavy (non-hydrogen) atoms. The van der Waals surface area contributed by atoms with Gasteiger partial charge in [-0.15, -0.1) is 0 Å². The summed E-state index contributed by atoms with van der Waals surface area (Å²) in [6.45, 7) is 0. The zero-order valence-corrected chi connectivity index (χ0v) is 12.4. The first-order valence-corrected chi connectivity index (χ1v) is 7.26. The molecule has 2 N–H and O–H groups in total. The maximum atomic E-state index is 13.0. The number of aromatic amines is 1. The molecule has 0 saturated heterocycles. The number of nitrogens with one attached hydrogen (secondary N) is 2. The van der Waals surface area contributed by atoms with Crippen molar-refractivity contribution in [3.8, 4) is 5.69 Å². The monoisotopic (exact) mass is 321 g/mol. The second-order valence-electron chi connectivity index (χ2n) is 5.22. The van der Waals surface area contributed by atoms with Crippen LogP contribution in [0.3, 0.4) is 0 Å². The van der Waals surface area contributed by atoms with Crippen LogP contribution in [0.4, 0.5) is 10.1 Å². The van der Waals surface area contributed by atoms with E-state index in [0.717, 1.165) is 10.9 Å². The van der Waals surface area contributed by atoms with E-state index in [1.807, 2.05) is 12.1 Å². The number of nitrogens with zero attached hydrogens (tertiary/aromatic N) is 3. The van der Waals surface area contributed by atoms with Crippen molar-refractivity contribution < 1.29 is 9.18 Å². The minimum atomic E-state index is -0.335. The highest BCUT2D eigenvalue weighted by molar-refractivity contribution is 6.07. The topological polar surface area (TPSA) is 75.6 Å². The minimum absolute atomic E-state index is 0.260. The SMILES string of the molecule is O=C(Nc1cccc2cn[nH]c12)c1ccn(-c2ccc(F)cc2)n1. The highest BCUT2D eigenvalue weighted by atomic mass is 19.1. The molecule has 2 aromatic carbocycles. The van der Waals surface area contributed by atoms with Crippen molar-refractivity contribution in [3.05, 3.63) is 72.4 Å². The third-order valence-electron chi connectivity index (χ3n) is 3.64. The number of carbonyl (C=O) groups excluding carboxylic acids is 1. The fraction of sp³-hybridized carbons (Fsp3) is 0. The van der Waals surface area contributed by atoms with Crippen molar-refractivity contribution in [3.63, 3.8) is 0 Å². The highest BCUT2D eigenvalue weighted by Gasteiger charge is 2.12. The van der Waals surface area contributed by atoms with Crippen molar-refractivity contribution in [1.82, 2.24) is 20.0 Å². The smallest absolute Gasteiger partial charge is 0.276 e. The Kier molecular flexibility index (Phi) is 3.31. The number of hydrogen-bond acceptors (Lipinski definition) is 3. The van der Waals surface area contributed by atoms with Crippen LogP contribution in [-0.4, -0.2) is 25.9 Å². The van der Waals surface area contributed by atoms with Gasteiger partial charge in [-0.05, 0) is 36.4 Å². The van der Waals surface area contributed by atoms with E-state index in [2.05, 4.69) is 20.6 Å². The Morgan fingerprint density at radius 2 is 1.96 bits per heavy atom. The number of anilines is 1.